The third-order valence-corrected chi connectivity index (χ3v) is 2.38. The molecule has 0 radical (unpaired) electrons. The first-order valence-corrected chi connectivity index (χ1v) is 5.91. The van der Waals surface area contributed by atoms with Crippen molar-refractivity contribution >= 4 is 23.8 Å². The lowest BCUT2D eigenvalue weighted by Gasteiger charge is -2.22. The molecule has 9 nitrogen and oxygen atoms in total. The molecule has 9 heteroatoms. The molecule has 0 aromatic heterocycles. The summed E-state index contributed by atoms with van der Waals surface area (Å²) in [5.74, 6) is -2.01. The lowest BCUT2D eigenvalue weighted by molar-refractivity contribution is -0.137. The molecule has 20 heavy (non-hydrogen) atoms. The molecule has 114 valence electrons. The van der Waals surface area contributed by atoms with E-state index in [0.717, 1.165) is 0 Å². The molecular formula is C11H20N4O5. The number of carbonyl (C=O) groups is 4. The van der Waals surface area contributed by atoms with Crippen LogP contribution >= 0.6 is 0 Å². The van der Waals surface area contributed by atoms with Gasteiger partial charge in [0.25, 0.3) is 0 Å². The van der Waals surface area contributed by atoms with Gasteiger partial charge in [-0.2, -0.15) is 0 Å². The van der Waals surface area contributed by atoms with Gasteiger partial charge in [-0.05, 0) is 13.8 Å². The summed E-state index contributed by atoms with van der Waals surface area (Å²) in [6.07, 6.45) is 0. The number of carbonyl (C=O) groups excluding carboxylic acids is 3. The molecule has 0 unspecified atom stereocenters. The van der Waals surface area contributed by atoms with Gasteiger partial charge in [-0.25, -0.2) is 4.79 Å². The quantitative estimate of drug-likeness (QED) is 0.379. The summed E-state index contributed by atoms with van der Waals surface area (Å²) in [5.41, 5.74) is -0.780. The van der Waals surface area contributed by atoms with Crippen LogP contribution in [0.3, 0.4) is 0 Å². The second kappa shape index (κ2) is 7.97. The number of carboxylic acids is 1. The summed E-state index contributed by atoms with van der Waals surface area (Å²) in [6.45, 7) is 2.55. The fourth-order valence-electron chi connectivity index (χ4n) is 1.18. The number of nitrogens with one attached hydrogen (secondary N) is 4. The highest BCUT2D eigenvalue weighted by atomic mass is 16.4. The van der Waals surface area contributed by atoms with Gasteiger partial charge in [0.1, 0.15) is 6.54 Å². The van der Waals surface area contributed by atoms with Gasteiger partial charge >= 0.3 is 12.0 Å². The second-order valence-electron chi connectivity index (χ2n) is 4.67. The van der Waals surface area contributed by atoms with E-state index in [1.165, 1.54) is 7.05 Å². The predicted octanol–water partition coefficient (Wildman–Crippen LogP) is -1.74. The molecule has 0 saturated carbocycles. The molecule has 0 spiro atoms. The van der Waals surface area contributed by atoms with Gasteiger partial charge in [-0.1, -0.05) is 0 Å². The first-order valence-electron chi connectivity index (χ1n) is 5.91. The zero-order chi connectivity index (χ0) is 15.8. The molecule has 0 heterocycles. The molecular weight excluding hydrogens is 268 g/mol. The van der Waals surface area contributed by atoms with E-state index in [9.17, 15) is 19.2 Å². The van der Waals surface area contributed by atoms with E-state index in [4.69, 9.17) is 5.11 Å². The summed E-state index contributed by atoms with van der Waals surface area (Å²) >= 11 is 0. The van der Waals surface area contributed by atoms with Crippen LogP contribution in [0.4, 0.5) is 4.79 Å². The second-order valence-corrected chi connectivity index (χ2v) is 4.67. The fourth-order valence-corrected chi connectivity index (χ4v) is 1.18. The van der Waals surface area contributed by atoms with Crippen molar-refractivity contribution in [1.82, 2.24) is 21.3 Å². The van der Waals surface area contributed by atoms with E-state index in [2.05, 4.69) is 21.3 Å². The largest absolute Gasteiger partial charge is 0.480 e. The van der Waals surface area contributed by atoms with Crippen LogP contribution in [0.2, 0.25) is 0 Å². The Balaban J connectivity index is 3.98. The maximum atomic E-state index is 11.5. The van der Waals surface area contributed by atoms with E-state index in [1.807, 2.05) is 0 Å². The lowest BCUT2D eigenvalue weighted by Crippen LogP contribution is -2.48. The number of aliphatic carboxylic acids is 1. The molecule has 5 N–H and O–H groups in total. The summed E-state index contributed by atoms with van der Waals surface area (Å²) in [4.78, 5) is 44.2. The van der Waals surface area contributed by atoms with Crippen LogP contribution in [-0.4, -0.2) is 55.6 Å². The summed E-state index contributed by atoms with van der Waals surface area (Å²) < 4.78 is 0. The van der Waals surface area contributed by atoms with Gasteiger partial charge < -0.3 is 26.4 Å². The topological polar surface area (TPSA) is 137 Å². The first-order chi connectivity index (χ1) is 9.19. The SMILES string of the molecule is CNC(=O)C(C)(C)CNC(=O)NCC(=O)NCC(=O)O. The highest BCUT2D eigenvalue weighted by Gasteiger charge is 2.26. The number of hydrogen-bond acceptors (Lipinski definition) is 4. The maximum Gasteiger partial charge on any atom is 0.322 e. The van der Waals surface area contributed by atoms with Crippen molar-refractivity contribution in [2.75, 3.05) is 26.7 Å². The Kier molecular flexibility index (Phi) is 7.05. The Labute approximate surface area is 116 Å². The van der Waals surface area contributed by atoms with Gasteiger partial charge in [0, 0.05) is 13.6 Å². The third kappa shape index (κ3) is 7.19. The minimum atomic E-state index is -1.17. The first kappa shape index (κ1) is 17.7. The van der Waals surface area contributed by atoms with Gasteiger partial charge in [0.2, 0.25) is 11.8 Å². The maximum absolute atomic E-state index is 11.5. The van der Waals surface area contributed by atoms with Crippen LogP contribution < -0.4 is 21.3 Å². The minimum Gasteiger partial charge on any atom is -0.480 e. The van der Waals surface area contributed by atoms with Crippen molar-refractivity contribution in [3.63, 3.8) is 0 Å². The Bertz CT molecular complexity index is 394. The average molecular weight is 288 g/mol. The predicted molar refractivity (Wildman–Crippen MR) is 69.9 cm³/mol. The van der Waals surface area contributed by atoms with Crippen LogP contribution in [0.25, 0.3) is 0 Å². The summed E-state index contributed by atoms with van der Waals surface area (Å²) in [5, 5.41) is 17.6. The molecule has 0 rings (SSSR count). The monoisotopic (exact) mass is 288 g/mol. The van der Waals surface area contributed by atoms with Crippen molar-refractivity contribution in [2.45, 2.75) is 13.8 Å². The van der Waals surface area contributed by atoms with Gasteiger partial charge in [-0.3, -0.25) is 14.4 Å². The number of carboxylic acid groups (broad SMARTS) is 1. The van der Waals surface area contributed by atoms with Crippen LogP contribution in [0, 0.1) is 5.41 Å². The molecule has 0 aliphatic rings. The van der Waals surface area contributed by atoms with Crippen molar-refractivity contribution in [1.29, 1.82) is 0 Å². The van der Waals surface area contributed by atoms with Gasteiger partial charge in [0.15, 0.2) is 0 Å². The Morgan fingerprint density at radius 2 is 1.60 bits per heavy atom. The minimum absolute atomic E-state index is 0.0925. The lowest BCUT2D eigenvalue weighted by atomic mass is 9.92. The van der Waals surface area contributed by atoms with Crippen LogP contribution in [0.5, 0.6) is 0 Å². The van der Waals surface area contributed by atoms with Crippen LogP contribution in [-0.2, 0) is 14.4 Å². The summed E-state index contributed by atoms with van der Waals surface area (Å²) in [6, 6.07) is -0.618. The van der Waals surface area contributed by atoms with E-state index in [1.54, 1.807) is 13.8 Å². The molecule has 0 aromatic rings. The number of amides is 4. The van der Waals surface area contributed by atoms with Crippen molar-refractivity contribution < 1.29 is 24.3 Å². The molecule has 0 bridgehead atoms. The zero-order valence-corrected chi connectivity index (χ0v) is 11.7. The molecule has 0 aliphatic heterocycles. The Hall–Kier alpha value is -2.32. The molecule has 0 aromatic carbocycles. The molecule has 0 aliphatic carbocycles. The highest BCUT2D eigenvalue weighted by molar-refractivity contribution is 5.86. The Morgan fingerprint density at radius 3 is 2.10 bits per heavy atom. The van der Waals surface area contributed by atoms with Crippen molar-refractivity contribution in [3.8, 4) is 0 Å². The molecule has 0 fully saturated rings. The average Bonchev–Trinajstić information content (AvgIpc) is 2.39. The smallest absolute Gasteiger partial charge is 0.322 e. The van der Waals surface area contributed by atoms with Crippen molar-refractivity contribution in [3.05, 3.63) is 0 Å². The van der Waals surface area contributed by atoms with Crippen LogP contribution in [0.15, 0.2) is 0 Å². The van der Waals surface area contributed by atoms with E-state index < -0.39 is 29.9 Å². The highest BCUT2D eigenvalue weighted by Crippen LogP contribution is 2.12. The van der Waals surface area contributed by atoms with E-state index >= 15 is 0 Å². The summed E-state index contributed by atoms with van der Waals surface area (Å²) in [7, 11) is 1.50. The standard InChI is InChI=1S/C11H20N4O5/c1-11(2,9(19)12-3)6-15-10(20)14-4-7(16)13-5-8(17)18/h4-6H2,1-3H3,(H,12,19)(H,13,16)(H,17,18)(H2,14,15,20). The number of rotatable bonds is 7. The normalized spacial score (nSPS) is 10.3. The fraction of sp³-hybridized carbons (Fsp3) is 0.636. The van der Waals surface area contributed by atoms with Crippen LogP contribution in [0.1, 0.15) is 13.8 Å². The van der Waals surface area contributed by atoms with Crippen molar-refractivity contribution in [2.24, 2.45) is 5.41 Å². The Morgan fingerprint density at radius 1 is 1.00 bits per heavy atom. The van der Waals surface area contributed by atoms with Gasteiger partial charge in [-0.15, -0.1) is 0 Å². The molecule has 0 atom stereocenters. The zero-order valence-electron chi connectivity index (χ0n) is 11.7. The van der Waals surface area contributed by atoms with E-state index in [-0.39, 0.29) is 19.0 Å². The van der Waals surface area contributed by atoms with Gasteiger partial charge in [0.05, 0.1) is 12.0 Å². The molecule has 4 amide bonds. The number of hydrogen-bond donors (Lipinski definition) is 5. The third-order valence-electron chi connectivity index (χ3n) is 2.38. The molecule has 0 saturated heterocycles. The number of urea groups is 1. The van der Waals surface area contributed by atoms with E-state index in [0.29, 0.717) is 0 Å².